The highest BCUT2D eigenvalue weighted by Crippen LogP contribution is 2.33. The maximum absolute atomic E-state index is 13.7. The lowest BCUT2D eigenvalue weighted by atomic mass is 9.99. The van der Waals surface area contributed by atoms with Gasteiger partial charge in [0.05, 0.1) is 15.3 Å². The van der Waals surface area contributed by atoms with Gasteiger partial charge in [0.2, 0.25) is 0 Å². The zero-order chi connectivity index (χ0) is 39.9. The highest BCUT2D eigenvalue weighted by Gasteiger charge is 2.25. The van der Waals surface area contributed by atoms with Gasteiger partial charge in [0.25, 0.3) is 15.7 Å². The van der Waals surface area contributed by atoms with Crippen molar-refractivity contribution in [1.29, 1.82) is 0 Å². The molecule has 1 aliphatic rings. The van der Waals surface area contributed by atoms with E-state index in [4.69, 9.17) is 11.6 Å². The second-order valence-corrected chi connectivity index (χ2v) is 17.7. The van der Waals surface area contributed by atoms with Crippen LogP contribution in [0.3, 0.4) is 0 Å². The number of rotatable bonds is 15. The summed E-state index contributed by atoms with van der Waals surface area (Å²) in [5.41, 5.74) is 5.10. The molecule has 0 spiro atoms. The summed E-state index contributed by atoms with van der Waals surface area (Å²) in [6.07, 6.45) is 2.09. The Labute approximate surface area is 342 Å². The molecule has 7 rings (SSSR count). The molecule has 1 saturated heterocycles. The van der Waals surface area contributed by atoms with Crippen LogP contribution in [0, 0.1) is 16.0 Å². The molecule has 57 heavy (non-hydrogen) atoms. The minimum atomic E-state index is -4.26. The molecular formula is C43H44ClN7O4S2. The summed E-state index contributed by atoms with van der Waals surface area (Å²) in [6, 6.07) is 35.9. The third-order valence-electron chi connectivity index (χ3n) is 9.94. The van der Waals surface area contributed by atoms with Crippen molar-refractivity contribution in [3.63, 3.8) is 0 Å². The number of sulfonamides is 1. The first kappa shape index (κ1) is 40.0. The fraction of sp³-hybridized carbons (Fsp3) is 0.256. The molecular weight excluding hydrogens is 778 g/mol. The topological polar surface area (TPSA) is 134 Å². The summed E-state index contributed by atoms with van der Waals surface area (Å²) in [5.74, 6) is 1.11. The molecule has 14 heteroatoms. The number of nitro groups is 1. The van der Waals surface area contributed by atoms with Crippen LogP contribution in [-0.4, -0.2) is 66.2 Å². The average molecular weight is 822 g/mol. The number of hydrogen-bond acceptors (Lipinski definition) is 10. The Bertz CT molecular complexity index is 2450. The van der Waals surface area contributed by atoms with Crippen LogP contribution in [-0.2, 0) is 16.6 Å². The quantitative estimate of drug-likeness (QED) is 0.0586. The Morgan fingerprint density at radius 1 is 0.877 bits per heavy atom. The fourth-order valence-electron chi connectivity index (χ4n) is 7.11. The third-order valence-corrected chi connectivity index (χ3v) is 12.7. The Morgan fingerprint density at radius 3 is 2.35 bits per heavy atom. The van der Waals surface area contributed by atoms with E-state index in [0.29, 0.717) is 27.6 Å². The molecule has 11 nitrogen and oxygen atoms in total. The van der Waals surface area contributed by atoms with E-state index in [0.717, 1.165) is 61.4 Å². The van der Waals surface area contributed by atoms with Crippen molar-refractivity contribution in [3.8, 4) is 11.1 Å². The highest BCUT2D eigenvalue weighted by molar-refractivity contribution is 7.99. The number of nitrogens with zero attached hydrogens (tertiary/aromatic N) is 5. The summed E-state index contributed by atoms with van der Waals surface area (Å²) in [4.78, 5) is 26.0. The number of benzene rings is 5. The van der Waals surface area contributed by atoms with Gasteiger partial charge >= 0.3 is 0 Å². The first-order valence-electron chi connectivity index (χ1n) is 18.8. The predicted molar refractivity (Wildman–Crippen MR) is 232 cm³/mol. The molecule has 0 unspecified atom stereocenters. The van der Waals surface area contributed by atoms with Crippen LogP contribution in [0.1, 0.15) is 25.8 Å². The number of fused-ring (bicyclic) bond motifs is 1. The molecule has 0 saturated carbocycles. The van der Waals surface area contributed by atoms with Gasteiger partial charge in [-0.2, -0.15) is 0 Å². The molecule has 294 valence electrons. The van der Waals surface area contributed by atoms with Crippen molar-refractivity contribution in [3.05, 3.63) is 142 Å². The van der Waals surface area contributed by atoms with Crippen LogP contribution in [0.4, 0.5) is 22.9 Å². The van der Waals surface area contributed by atoms with E-state index in [9.17, 15) is 18.5 Å². The van der Waals surface area contributed by atoms with Crippen molar-refractivity contribution in [2.24, 2.45) is 5.92 Å². The second kappa shape index (κ2) is 17.9. The molecule has 1 aliphatic heterocycles. The van der Waals surface area contributed by atoms with Crippen molar-refractivity contribution < 1.29 is 13.3 Å². The maximum atomic E-state index is 13.7. The average Bonchev–Trinajstić information content (AvgIpc) is 3.21. The minimum Gasteiger partial charge on any atom is -0.376 e. The zero-order valence-electron chi connectivity index (χ0n) is 31.7. The molecule has 1 atom stereocenters. The lowest BCUT2D eigenvalue weighted by Crippen LogP contribution is -2.46. The van der Waals surface area contributed by atoms with Crippen LogP contribution in [0.2, 0.25) is 5.02 Å². The molecule has 0 bridgehead atoms. The first-order valence-corrected chi connectivity index (χ1v) is 21.7. The third kappa shape index (κ3) is 10.0. The molecule has 0 amide bonds. The standard InChI is InChI=1S/C43H44ClN7O4S2/c1-30(2)24-34(28-56-36-9-4-3-5-10-36)47-40-19-17-37(26-42(40)51(52)53)57(54,55)48-43-39-18-16-35(25-41(39)45-29-46-43)50-22-20-49(21-23-50)27-32-8-6-7-11-38(32)31-12-14-33(44)15-13-31/h3-19,25-26,29-30,34,47H,20-24,27-28H2,1-2H3,(H,45,46,48)/t34-/m0/s1. The lowest BCUT2D eigenvalue weighted by Gasteiger charge is -2.36. The van der Waals surface area contributed by atoms with Crippen LogP contribution >= 0.6 is 23.4 Å². The largest absolute Gasteiger partial charge is 0.376 e. The molecule has 1 fully saturated rings. The van der Waals surface area contributed by atoms with Gasteiger partial charge in [-0.3, -0.25) is 19.7 Å². The number of anilines is 3. The van der Waals surface area contributed by atoms with Crippen LogP contribution in [0.25, 0.3) is 22.0 Å². The van der Waals surface area contributed by atoms with E-state index in [-0.39, 0.29) is 28.1 Å². The minimum absolute atomic E-state index is 0.0844. The number of hydrogen-bond donors (Lipinski definition) is 2. The molecule has 2 heterocycles. The smallest absolute Gasteiger partial charge is 0.293 e. The number of nitro benzene ring substituents is 1. The van der Waals surface area contributed by atoms with Gasteiger partial charge in [0.15, 0.2) is 5.82 Å². The van der Waals surface area contributed by atoms with Gasteiger partial charge in [-0.25, -0.2) is 18.4 Å². The zero-order valence-corrected chi connectivity index (χ0v) is 34.1. The van der Waals surface area contributed by atoms with Gasteiger partial charge < -0.3 is 10.2 Å². The highest BCUT2D eigenvalue weighted by atomic mass is 35.5. The van der Waals surface area contributed by atoms with Gasteiger partial charge in [0.1, 0.15) is 12.0 Å². The van der Waals surface area contributed by atoms with E-state index >= 15 is 0 Å². The van der Waals surface area contributed by atoms with E-state index in [1.807, 2.05) is 60.7 Å². The van der Waals surface area contributed by atoms with E-state index in [2.05, 4.69) is 80.1 Å². The summed E-state index contributed by atoms with van der Waals surface area (Å²) >= 11 is 7.80. The maximum Gasteiger partial charge on any atom is 0.293 e. The molecule has 0 radical (unpaired) electrons. The summed E-state index contributed by atoms with van der Waals surface area (Å²) in [7, 11) is -4.26. The number of halogens is 1. The van der Waals surface area contributed by atoms with Crippen molar-refractivity contribution >= 4 is 67.2 Å². The SMILES string of the molecule is CC(C)C[C@@H](CSc1ccccc1)Nc1ccc(S(=O)(=O)Nc2ncnc3cc(N4CCN(Cc5ccccc5-c5ccc(Cl)cc5)CC4)ccc23)cc1[N+](=O)[O-]. The van der Waals surface area contributed by atoms with E-state index in [1.54, 1.807) is 11.8 Å². The Balaban J connectivity index is 1.02. The van der Waals surface area contributed by atoms with Crippen molar-refractivity contribution in [2.45, 2.75) is 42.6 Å². The first-order chi connectivity index (χ1) is 27.5. The number of thioether (sulfide) groups is 1. The van der Waals surface area contributed by atoms with Crippen LogP contribution < -0.4 is 14.9 Å². The molecule has 6 aromatic rings. The normalized spacial score (nSPS) is 14.1. The summed E-state index contributed by atoms with van der Waals surface area (Å²) in [6.45, 7) is 8.39. The molecule has 2 N–H and O–H groups in total. The molecule has 1 aromatic heterocycles. The Hall–Kier alpha value is -5.21. The van der Waals surface area contributed by atoms with Crippen LogP contribution in [0.5, 0.6) is 0 Å². The van der Waals surface area contributed by atoms with Crippen molar-refractivity contribution in [1.82, 2.24) is 14.9 Å². The Kier molecular flexibility index (Phi) is 12.6. The molecule has 0 aliphatic carbocycles. The number of aromatic nitrogens is 2. The number of piperazine rings is 1. The second-order valence-electron chi connectivity index (χ2n) is 14.5. The van der Waals surface area contributed by atoms with Gasteiger partial charge in [-0.1, -0.05) is 80.0 Å². The number of nitrogens with one attached hydrogen (secondary N) is 2. The predicted octanol–water partition coefficient (Wildman–Crippen LogP) is 9.60. The van der Waals surface area contributed by atoms with Crippen molar-refractivity contribution in [2.75, 3.05) is 46.9 Å². The van der Waals surface area contributed by atoms with E-state index < -0.39 is 14.9 Å². The Morgan fingerprint density at radius 2 is 1.61 bits per heavy atom. The lowest BCUT2D eigenvalue weighted by molar-refractivity contribution is -0.384. The monoisotopic (exact) mass is 821 g/mol. The van der Waals surface area contributed by atoms with Crippen LogP contribution in [0.15, 0.2) is 131 Å². The fourth-order valence-corrected chi connectivity index (χ4v) is 9.24. The van der Waals surface area contributed by atoms with Gasteiger partial charge in [-0.05, 0) is 83.6 Å². The van der Waals surface area contributed by atoms with E-state index in [1.165, 1.54) is 29.6 Å². The molecule has 5 aromatic carbocycles. The van der Waals surface area contributed by atoms with Gasteiger partial charge in [-0.15, -0.1) is 11.8 Å². The van der Waals surface area contributed by atoms with Gasteiger partial charge in [0, 0.05) is 71.6 Å². The summed E-state index contributed by atoms with van der Waals surface area (Å²) < 4.78 is 30.0. The summed E-state index contributed by atoms with van der Waals surface area (Å²) in [5, 5.41) is 16.8.